The van der Waals surface area contributed by atoms with Gasteiger partial charge in [-0.1, -0.05) is 34.1 Å². The second-order valence-corrected chi connectivity index (χ2v) is 7.70. The average molecular weight is 454 g/mol. The molecule has 0 spiro atoms. The van der Waals surface area contributed by atoms with Crippen LogP contribution in [0.25, 0.3) is 11.3 Å². The molecule has 0 saturated carbocycles. The lowest BCUT2D eigenvalue weighted by Gasteiger charge is -2.34. The van der Waals surface area contributed by atoms with Gasteiger partial charge in [-0.15, -0.1) is 0 Å². The number of aromatic nitrogens is 3. The first-order valence-electron chi connectivity index (χ1n) is 9.38. The summed E-state index contributed by atoms with van der Waals surface area (Å²) in [4.78, 5) is 33.0. The zero-order chi connectivity index (χ0) is 20.2. The van der Waals surface area contributed by atoms with Crippen molar-refractivity contribution in [3.63, 3.8) is 0 Å². The van der Waals surface area contributed by atoms with E-state index in [1.165, 1.54) is 0 Å². The predicted octanol–water partition coefficient (Wildman–Crippen LogP) is 2.76. The number of aromatic amines is 1. The summed E-state index contributed by atoms with van der Waals surface area (Å²) >= 11 is 3.49. The number of nitrogens with one attached hydrogen (secondary N) is 1. The number of halogens is 1. The molecule has 1 aliphatic rings. The van der Waals surface area contributed by atoms with Crippen LogP contribution >= 0.6 is 15.9 Å². The summed E-state index contributed by atoms with van der Waals surface area (Å²) in [5, 5.41) is 7.06. The highest BCUT2D eigenvalue weighted by molar-refractivity contribution is 9.10. The fraction of sp³-hybridized carbons (Fsp3) is 0.238. The van der Waals surface area contributed by atoms with Crippen LogP contribution in [0, 0.1) is 0 Å². The molecule has 1 aliphatic heterocycles. The van der Waals surface area contributed by atoms with Gasteiger partial charge in [0.2, 0.25) is 5.91 Å². The first kappa shape index (κ1) is 19.3. The highest BCUT2D eigenvalue weighted by atomic mass is 79.9. The molecular formula is C21H20BrN5O2. The molecule has 29 heavy (non-hydrogen) atoms. The molecule has 1 saturated heterocycles. The lowest BCUT2D eigenvalue weighted by atomic mass is 10.1. The highest BCUT2D eigenvalue weighted by Crippen LogP contribution is 2.19. The van der Waals surface area contributed by atoms with Gasteiger partial charge in [0.05, 0.1) is 12.1 Å². The molecule has 148 valence electrons. The van der Waals surface area contributed by atoms with E-state index in [9.17, 15) is 9.59 Å². The second-order valence-electron chi connectivity index (χ2n) is 6.84. The Bertz CT molecular complexity index is 1010. The summed E-state index contributed by atoms with van der Waals surface area (Å²) in [6.07, 6.45) is 3.73. The highest BCUT2D eigenvalue weighted by Gasteiger charge is 2.26. The lowest BCUT2D eigenvalue weighted by Crippen LogP contribution is -2.51. The first-order chi connectivity index (χ1) is 14.1. The molecule has 0 aliphatic carbocycles. The van der Waals surface area contributed by atoms with E-state index < -0.39 is 0 Å². The zero-order valence-electron chi connectivity index (χ0n) is 15.7. The summed E-state index contributed by atoms with van der Waals surface area (Å²) < 4.78 is 0.936. The third kappa shape index (κ3) is 4.37. The number of hydrogen-bond acceptors (Lipinski definition) is 4. The molecule has 3 aromatic rings. The Morgan fingerprint density at radius 3 is 2.41 bits per heavy atom. The second kappa shape index (κ2) is 8.57. The van der Waals surface area contributed by atoms with Gasteiger partial charge in [-0.3, -0.25) is 19.7 Å². The Balaban J connectivity index is 1.35. The number of benzene rings is 1. The average Bonchev–Trinajstić information content (AvgIpc) is 3.26. The molecule has 1 N–H and O–H groups in total. The summed E-state index contributed by atoms with van der Waals surface area (Å²) in [7, 11) is 0. The molecule has 0 bridgehead atoms. The van der Waals surface area contributed by atoms with Gasteiger partial charge in [-0.2, -0.15) is 5.10 Å². The smallest absolute Gasteiger partial charge is 0.272 e. The normalized spacial score (nSPS) is 14.1. The summed E-state index contributed by atoms with van der Waals surface area (Å²) in [5.41, 5.74) is 3.03. The number of amides is 2. The van der Waals surface area contributed by atoms with E-state index in [-0.39, 0.29) is 11.8 Å². The maximum Gasteiger partial charge on any atom is 0.272 e. The van der Waals surface area contributed by atoms with Crippen LogP contribution in [0.1, 0.15) is 16.1 Å². The minimum absolute atomic E-state index is 0.0745. The van der Waals surface area contributed by atoms with Gasteiger partial charge in [0, 0.05) is 48.6 Å². The van der Waals surface area contributed by atoms with Gasteiger partial charge in [-0.05, 0) is 29.8 Å². The van der Waals surface area contributed by atoms with Crippen molar-refractivity contribution in [3.8, 4) is 11.3 Å². The number of carbonyl (C=O) groups is 2. The molecule has 2 amide bonds. The van der Waals surface area contributed by atoms with Crippen molar-refractivity contribution in [2.24, 2.45) is 0 Å². The molecule has 0 radical (unpaired) electrons. The van der Waals surface area contributed by atoms with Crippen molar-refractivity contribution in [2.45, 2.75) is 6.42 Å². The SMILES string of the molecule is O=C(Cc1ccccc1Br)N1CCN(C(=O)c2cc(-c3ccncc3)n[nH]2)CC1. The molecule has 1 aromatic carbocycles. The van der Waals surface area contributed by atoms with Crippen molar-refractivity contribution in [1.29, 1.82) is 0 Å². The number of piperazine rings is 1. The van der Waals surface area contributed by atoms with Crippen LogP contribution in [0.4, 0.5) is 0 Å². The van der Waals surface area contributed by atoms with Crippen LogP contribution < -0.4 is 0 Å². The van der Waals surface area contributed by atoms with Crippen LogP contribution in [0.3, 0.4) is 0 Å². The quantitative estimate of drug-likeness (QED) is 0.658. The third-order valence-corrected chi connectivity index (χ3v) is 5.78. The molecule has 7 nitrogen and oxygen atoms in total. The monoisotopic (exact) mass is 453 g/mol. The molecule has 2 aromatic heterocycles. The summed E-state index contributed by atoms with van der Waals surface area (Å²) in [5.74, 6) is -0.0266. The number of nitrogens with zero attached hydrogens (tertiary/aromatic N) is 4. The molecule has 8 heteroatoms. The maximum absolute atomic E-state index is 12.8. The van der Waals surface area contributed by atoms with Crippen molar-refractivity contribution in [2.75, 3.05) is 26.2 Å². The number of H-pyrrole nitrogens is 1. The van der Waals surface area contributed by atoms with Gasteiger partial charge in [-0.25, -0.2) is 0 Å². The van der Waals surface area contributed by atoms with Crippen molar-refractivity contribution in [3.05, 3.63) is 70.6 Å². The predicted molar refractivity (Wildman–Crippen MR) is 112 cm³/mol. The Hall–Kier alpha value is -3.00. The standard InChI is InChI=1S/C21H20BrN5O2/c22-17-4-2-1-3-16(17)13-20(28)26-9-11-27(12-10-26)21(29)19-14-18(24-25-19)15-5-7-23-8-6-15/h1-8,14H,9-13H2,(H,24,25). The van der Waals surface area contributed by atoms with E-state index in [1.807, 2.05) is 41.3 Å². The van der Waals surface area contributed by atoms with Gasteiger partial charge >= 0.3 is 0 Å². The molecule has 4 rings (SSSR count). The van der Waals surface area contributed by atoms with Crippen LogP contribution in [0.5, 0.6) is 0 Å². The molecule has 1 fully saturated rings. The van der Waals surface area contributed by atoms with E-state index in [0.717, 1.165) is 15.6 Å². The van der Waals surface area contributed by atoms with Crippen molar-refractivity contribution >= 4 is 27.7 Å². The van der Waals surface area contributed by atoms with E-state index in [2.05, 4.69) is 31.1 Å². The lowest BCUT2D eigenvalue weighted by molar-refractivity contribution is -0.131. The fourth-order valence-electron chi connectivity index (χ4n) is 3.35. The Morgan fingerprint density at radius 2 is 1.69 bits per heavy atom. The van der Waals surface area contributed by atoms with Crippen molar-refractivity contribution in [1.82, 2.24) is 25.0 Å². The number of carbonyl (C=O) groups excluding carboxylic acids is 2. The van der Waals surface area contributed by atoms with E-state index in [0.29, 0.717) is 44.0 Å². The topological polar surface area (TPSA) is 82.2 Å². The molecule has 0 atom stereocenters. The van der Waals surface area contributed by atoms with Crippen LogP contribution in [-0.4, -0.2) is 63.0 Å². The van der Waals surface area contributed by atoms with E-state index in [4.69, 9.17) is 0 Å². The fourth-order valence-corrected chi connectivity index (χ4v) is 3.77. The molecular weight excluding hydrogens is 434 g/mol. The molecule has 0 unspecified atom stereocenters. The number of pyridine rings is 1. The van der Waals surface area contributed by atoms with Crippen LogP contribution in [0.15, 0.2) is 59.3 Å². The van der Waals surface area contributed by atoms with Gasteiger partial charge in [0.15, 0.2) is 0 Å². The van der Waals surface area contributed by atoms with Crippen LogP contribution in [0.2, 0.25) is 0 Å². The maximum atomic E-state index is 12.8. The Labute approximate surface area is 176 Å². The summed E-state index contributed by atoms with van der Waals surface area (Å²) in [6, 6.07) is 13.2. The third-order valence-electron chi connectivity index (χ3n) is 5.00. The van der Waals surface area contributed by atoms with E-state index in [1.54, 1.807) is 23.4 Å². The Morgan fingerprint density at radius 1 is 1.00 bits per heavy atom. The minimum atomic E-state index is -0.101. The largest absolute Gasteiger partial charge is 0.339 e. The van der Waals surface area contributed by atoms with Crippen molar-refractivity contribution < 1.29 is 9.59 Å². The van der Waals surface area contributed by atoms with Gasteiger partial charge in [0.1, 0.15) is 5.69 Å². The van der Waals surface area contributed by atoms with E-state index >= 15 is 0 Å². The number of rotatable bonds is 4. The van der Waals surface area contributed by atoms with Crippen LogP contribution in [-0.2, 0) is 11.2 Å². The number of hydrogen-bond donors (Lipinski definition) is 1. The minimum Gasteiger partial charge on any atom is -0.339 e. The molecule has 3 heterocycles. The Kier molecular flexibility index (Phi) is 5.71. The van der Waals surface area contributed by atoms with Gasteiger partial charge in [0.25, 0.3) is 5.91 Å². The summed E-state index contributed by atoms with van der Waals surface area (Å²) in [6.45, 7) is 2.06. The zero-order valence-corrected chi connectivity index (χ0v) is 17.3. The first-order valence-corrected chi connectivity index (χ1v) is 10.2. The van der Waals surface area contributed by atoms with Gasteiger partial charge < -0.3 is 9.80 Å².